The molecule has 1 aliphatic heterocycles. The lowest BCUT2D eigenvalue weighted by Crippen LogP contribution is -2.42. The van der Waals surface area contributed by atoms with Crippen molar-refractivity contribution in [1.82, 2.24) is 4.90 Å². The van der Waals surface area contributed by atoms with Crippen LogP contribution in [-0.2, 0) is 4.79 Å². The second-order valence-corrected chi connectivity index (χ2v) is 5.12. The van der Waals surface area contributed by atoms with Crippen LogP contribution in [0.25, 0.3) is 0 Å². The van der Waals surface area contributed by atoms with Crippen molar-refractivity contribution >= 4 is 23.5 Å². The van der Waals surface area contributed by atoms with Crippen LogP contribution in [0.1, 0.15) is 23.7 Å². The summed E-state index contributed by atoms with van der Waals surface area (Å²) in [6, 6.07) is 3.21. The Morgan fingerprint density at radius 2 is 2.11 bits per heavy atom. The molecular formula is C13H14ClNO4. The Morgan fingerprint density at radius 3 is 2.74 bits per heavy atom. The monoisotopic (exact) mass is 283 g/mol. The fourth-order valence-electron chi connectivity index (χ4n) is 2.38. The minimum Gasteiger partial charge on any atom is -0.508 e. The molecule has 1 saturated heterocycles. The van der Waals surface area contributed by atoms with Crippen molar-refractivity contribution in [2.75, 3.05) is 6.54 Å². The molecule has 0 saturated carbocycles. The number of hydrogen-bond donors (Lipinski definition) is 2. The van der Waals surface area contributed by atoms with Crippen molar-refractivity contribution in [3.63, 3.8) is 0 Å². The highest BCUT2D eigenvalue weighted by Crippen LogP contribution is 2.29. The number of carbonyl (C=O) groups excluding carboxylic acids is 1. The molecule has 1 fully saturated rings. The molecule has 2 unspecified atom stereocenters. The summed E-state index contributed by atoms with van der Waals surface area (Å²) >= 11 is 5.93. The van der Waals surface area contributed by atoms with Crippen LogP contribution in [0.5, 0.6) is 5.75 Å². The molecule has 1 aromatic rings. The number of nitrogens with zero attached hydrogens (tertiary/aromatic N) is 1. The number of phenolic OH excluding ortho intramolecular Hbond substituents is 1. The van der Waals surface area contributed by atoms with Crippen LogP contribution >= 0.6 is 11.6 Å². The van der Waals surface area contributed by atoms with Crippen LogP contribution in [0, 0.1) is 5.92 Å². The summed E-state index contributed by atoms with van der Waals surface area (Å²) in [7, 11) is 0. The maximum absolute atomic E-state index is 12.3. The lowest BCUT2D eigenvalue weighted by Gasteiger charge is -2.23. The van der Waals surface area contributed by atoms with Gasteiger partial charge in [0.25, 0.3) is 5.91 Å². The van der Waals surface area contributed by atoms with Gasteiger partial charge in [-0.2, -0.15) is 0 Å². The standard InChI is InChI=1S/C13H14ClNO4/c1-7-4-5-15(11(7)13(18)19)12(17)9-6-8(16)2-3-10(9)14/h2-3,6-7,11,16H,4-5H2,1H3,(H,18,19). The van der Waals surface area contributed by atoms with Crippen molar-refractivity contribution in [3.05, 3.63) is 28.8 Å². The molecule has 2 N–H and O–H groups in total. The maximum atomic E-state index is 12.3. The van der Waals surface area contributed by atoms with Crippen molar-refractivity contribution < 1.29 is 19.8 Å². The molecule has 1 heterocycles. The SMILES string of the molecule is CC1CCN(C(=O)c2cc(O)ccc2Cl)C1C(=O)O. The van der Waals surface area contributed by atoms with E-state index in [1.54, 1.807) is 6.92 Å². The molecule has 5 nitrogen and oxygen atoms in total. The Labute approximate surface area is 115 Å². The largest absolute Gasteiger partial charge is 0.508 e. The summed E-state index contributed by atoms with van der Waals surface area (Å²) in [5.41, 5.74) is 0.127. The Bertz CT molecular complexity index is 531. The number of carboxylic acids is 1. The normalized spacial score (nSPS) is 22.5. The average Bonchev–Trinajstić information content (AvgIpc) is 2.73. The zero-order valence-electron chi connectivity index (χ0n) is 10.3. The molecule has 2 atom stereocenters. The topological polar surface area (TPSA) is 77.8 Å². The Kier molecular flexibility index (Phi) is 3.66. The van der Waals surface area contributed by atoms with Crippen LogP contribution in [0.3, 0.4) is 0 Å². The van der Waals surface area contributed by atoms with Gasteiger partial charge >= 0.3 is 5.97 Å². The molecule has 1 amide bonds. The van der Waals surface area contributed by atoms with E-state index in [0.717, 1.165) is 0 Å². The van der Waals surface area contributed by atoms with E-state index in [4.69, 9.17) is 11.6 Å². The third-order valence-corrected chi connectivity index (χ3v) is 3.72. The van der Waals surface area contributed by atoms with E-state index >= 15 is 0 Å². The number of hydrogen-bond acceptors (Lipinski definition) is 3. The first-order valence-electron chi connectivity index (χ1n) is 5.94. The van der Waals surface area contributed by atoms with Gasteiger partial charge in [0.1, 0.15) is 11.8 Å². The number of amides is 1. The minimum atomic E-state index is -1.02. The van der Waals surface area contributed by atoms with Crippen LogP contribution in [-0.4, -0.2) is 39.6 Å². The predicted molar refractivity (Wildman–Crippen MR) is 69.4 cm³/mol. The number of halogens is 1. The van der Waals surface area contributed by atoms with Crippen molar-refractivity contribution in [3.8, 4) is 5.75 Å². The first-order valence-corrected chi connectivity index (χ1v) is 6.32. The average molecular weight is 284 g/mol. The fraction of sp³-hybridized carbons (Fsp3) is 0.385. The highest BCUT2D eigenvalue weighted by molar-refractivity contribution is 6.34. The Balaban J connectivity index is 2.33. The maximum Gasteiger partial charge on any atom is 0.326 e. The zero-order chi connectivity index (χ0) is 14.2. The number of aliphatic carboxylic acids is 1. The molecule has 0 aromatic heterocycles. The molecule has 0 aliphatic carbocycles. The van der Waals surface area contributed by atoms with E-state index in [1.807, 2.05) is 0 Å². The second kappa shape index (κ2) is 5.09. The van der Waals surface area contributed by atoms with Gasteiger partial charge in [0, 0.05) is 6.54 Å². The van der Waals surface area contributed by atoms with Crippen molar-refractivity contribution in [2.24, 2.45) is 5.92 Å². The molecular weight excluding hydrogens is 270 g/mol. The van der Waals surface area contributed by atoms with Crippen LogP contribution in [0.15, 0.2) is 18.2 Å². The zero-order valence-corrected chi connectivity index (χ0v) is 11.1. The van der Waals surface area contributed by atoms with Gasteiger partial charge in [0.15, 0.2) is 0 Å². The van der Waals surface area contributed by atoms with Gasteiger partial charge in [-0.1, -0.05) is 18.5 Å². The molecule has 0 bridgehead atoms. The number of carbonyl (C=O) groups is 2. The van der Waals surface area contributed by atoms with Gasteiger partial charge in [-0.15, -0.1) is 0 Å². The van der Waals surface area contributed by atoms with Gasteiger partial charge in [0.2, 0.25) is 0 Å². The van der Waals surface area contributed by atoms with E-state index in [0.29, 0.717) is 13.0 Å². The van der Waals surface area contributed by atoms with Gasteiger partial charge in [-0.05, 0) is 30.5 Å². The lowest BCUT2D eigenvalue weighted by atomic mass is 10.0. The number of carboxylic acid groups (broad SMARTS) is 1. The van der Waals surface area contributed by atoms with Gasteiger partial charge in [-0.3, -0.25) is 4.79 Å². The third-order valence-electron chi connectivity index (χ3n) is 3.39. The molecule has 2 rings (SSSR count). The third kappa shape index (κ3) is 2.51. The van der Waals surface area contributed by atoms with Gasteiger partial charge < -0.3 is 15.1 Å². The van der Waals surface area contributed by atoms with E-state index in [-0.39, 0.29) is 22.3 Å². The first-order chi connectivity index (χ1) is 8.91. The summed E-state index contributed by atoms with van der Waals surface area (Å²) in [5.74, 6) is -1.66. The predicted octanol–water partition coefficient (Wildman–Crippen LogP) is 1.98. The number of benzene rings is 1. The molecule has 1 aliphatic rings. The smallest absolute Gasteiger partial charge is 0.326 e. The first kappa shape index (κ1) is 13.7. The molecule has 102 valence electrons. The van der Waals surface area contributed by atoms with Crippen molar-refractivity contribution in [2.45, 2.75) is 19.4 Å². The van der Waals surface area contributed by atoms with Crippen LogP contribution in [0.4, 0.5) is 0 Å². The summed E-state index contributed by atoms with van der Waals surface area (Å²) in [5, 5.41) is 18.8. The van der Waals surface area contributed by atoms with Crippen LogP contribution in [0.2, 0.25) is 5.02 Å². The van der Waals surface area contributed by atoms with Gasteiger partial charge in [-0.25, -0.2) is 4.79 Å². The number of phenols is 1. The van der Waals surface area contributed by atoms with E-state index in [9.17, 15) is 19.8 Å². The molecule has 1 aromatic carbocycles. The minimum absolute atomic E-state index is 0.0770. The van der Waals surface area contributed by atoms with Crippen LogP contribution < -0.4 is 0 Å². The Hall–Kier alpha value is -1.75. The highest BCUT2D eigenvalue weighted by atomic mass is 35.5. The molecule has 6 heteroatoms. The Morgan fingerprint density at radius 1 is 1.42 bits per heavy atom. The molecule has 0 radical (unpaired) electrons. The van der Waals surface area contributed by atoms with Gasteiger partial charge in [0.05, 0.1) is 10.6 Å². The quantitative estimate of drug-likeness (QED) is 0.870. The second-order valence-electron chi connectivity index (χ2n) is 4.71. The van der Waals surface area contributed by atoms with E-state index in [1.165, 1.54) is 23.1 Å². The van der Waals surface area contributed by atoms with Crippen molar-refractivity contribution in [1.29, 1.82) is 0 Å². The summed E-state index contributed by atoms with van der Waals surface area (Å²) in [4.78, 5) is 24.9. The lowest BCUT2D eigenvalue weighted by molar-refractivity contribution is -0.142. The summed E-state index contributed by atoms with van der Waals surface area (Å²) in [6.45, 7) is 2.18. The summed E-state index contributed by atoms with van der Waals surface area (Å²) in [6.07, 6.45) is 0.638. The molecule has 19 heavy (non-hydrogen) atoms. The number of aromatic hydroxyl groups is 1. The summed E-state index contributed by atoms with van der Waals surface area (Å²) < 4.78 is 0. The van der Waals surface area contributed by atoms with E-state index in [2.05, 4.69) is 0 Å². The number of rotatable bonds is 2. The highest BCUT2D eigenvalue weighted by Gasteiger charge is 2.40. The van der Waals surface area contributed by atoms with E-state index < -0.39 is 17.9 Å². The molecule has 0 spiro atoms. The fourth-order valence-corrected chi connectivity index (χ4v) is 2.58. The number of likely N-dealkylation sites (tertiary alicyclic amines) is 1.